The minimum absolute atomic E-state index is 0. The molecule has 0 aliphatic carbocycles. The van der Waals surface area contributed by atoms with Gasteiger partial charge in [0.2, 0.25) is 6.16 Å². The molecule has 0 spiro atoms. The van der Waals surface area contributed by atoms with E-state index in [-0.39, 0.29) is 51.4 Å². The van der Waals surface area contributed by atoms with Gasteiger partial charge in [-0.2, -0.15) is 5.26 Å². The summed E-state index contributed by atoms with van der Waals surface area (Å²) in [6, 6.07) is 1.75. The number of carboxylic acid groups (broad SMARTS) is 2. The molecule has 0 unspecified atom stereocenters. The molecule has 0 bridgehead atoms. The van der Waals surface area contributed by atoms with Crippen LogP contribution in [-0.4, -0.2) is 11.3 Å². The van der Waals surface area contributed by atoms with Gasteiger partial charge in [-0.05, 0) is 0 Å². The van der Waals surface area contributed by atoms with Crippen LogP contribution in [-0.2, 0) is 0 Å². The Bertz CT molecular complexity index is 83.0. The molecule has 0 saturated carbocycles. The quantitative estimate of drug-likeness (QED) is 0.353. The second-order valence-electron chi connectivity index (χ2n) is 0.490. The summed E-state index contributed by atoms with van der Waals surface area (Å²) in [6.07, 6.45) is -2.08. The number of nitrogens with zero attached hydrogens (tertiary/aromatic N) is 1. The Morgan fingerprint density at radius 2 is 1.88 bits per heavy atom. The van der Waals surface area contributed by atoms with E-state index in [1.165, 1.54) is 6.92 Å². The average molecular weight is 141 g/mol. The molecule has 0 aromatic carbocycles. The van der Waals surface area contributed by atoms with Crippen LogP contribution in [0.15, 0.2) is 0 Å². The molecule has 5 heteroatoms. The maximum atomic E-state index is 8.44. The Morgan fingerprint density at radius 3 is 1.88 bits per heavy atom. The minimum atomic E-state index is -2.08. The van der Waals surface area contributed by atoms with Crippen molar-refractivity contribution in [3.05, 3.63) is 0 Å². The monoisotopic (exact) mass is 141 g/mol. The first kappa shape index (κ1) is 15.8. The molecule has 0 heterocycles. The zero-order valence-electron chi connectivity index (χ0n) is 4.71. The van der Waals surface area contributed by atoms with Crippen molar-refractivity contribution in [2.45, 2.75) is 6.92 Å². The van der Waals surface area contributed by atoms with Gasteiger partial charge in [-0.25, -0.2) is 0 Å². The second-order valence-corrected chi connectivity index (χ2v) is 0.490. The Balaban J connectivity index is -0.0000000575. The molecule has 0 saturated heterocycles. The van der Waals surface area contributed by atoms with Crippen molar-refractivity contribution in [1.82, 2.24) is 0 Å². The van der Waals surface area contributed by atoms with Crippen LogP contribution in [0.5, 0.6) is 0 Å². The summed E-state index contributed by atoms with van der Waals surface area (Å²) in [7, 11) is 0. The number of hydrogen-bond acceptors (Lipinski definition) is 3. The molecule has 0 radical (unpaired) electrons. The predicted octanol–water partition coefficient (Wildman–Crippen LogP) is -3.58. The average Bonchev–Trinajstić information content (AvgIpc) is 1.33. The van der Waals surface area contributed by atoms with Gasteiger partial charge in [-0.3, -0.25) is 0 Å². The predicted molar refractivity (Wildman–Crippen MR) is 19.3 cm³/mol. The topological polar surface area (TPSA) is 84.2 Å². The SMILES string of the molecule is CC#N.O=C([O-])O.[K+]. The summed E-state index contributed by atoms with van der Waals surface area (Å²) < 4.78 is 0. The van der Waals surface area contributed by atoms with Crippen molar-refractivity contribution in [3.63, 3.8) is 0 Å². The molecule has 0 fully saturated rings. The maximum absolute atomic E-state index is 8.44. The van der Waals surface area contributed by atoms with E-state index in [0.29, 0.717) is 0 Å². The maximum Gasteiger partial charge on any atom is 1.00 e. The summed E-state index contributed by atoms with van der Waals surface area (Å²) >= 11 is 0. The van der Waals surface area contributed by atoms with Gasteiger partial charge in [0, 0.05) is 6.92 Å². The summed E-state index contributed by atoms with van der Waals surface area (Å²) in [5.74, 6) is 0. The van der Waals surface area contributed by atoms with Crippen LogP contribution in [0.4, 0.5) is 4.79 Å². The number of nitriles is 1. The minimum Gasteiger partial charge on any atom is -0.565 e. The van der Waals surface area contributed by atoms with Gasteiger partial charge in [0.1, 0.15) is 0 Å². The fourth-order valence-corrected chi connectivity index (χ4v) is 0. The molecule has 0 atom stereocenters. The van der Waals surface area contributed by atoms with Crippen molar-refractivity contribution < 1.29 is 66.4 Å². The molecule has 0 amide bonds. The largest absolute Gasteiger partial charge is 1.00 e. The van der Waals surface area contributed by atoms with Gasteiger partial charge in [0.25, 0.3) is 0 Å². The number of carbonyl (C=O) groups is 1. The van der Waals surface area contributed by atoms with E-state index in [9.17, 15) is 0 Å². The molecule has 40 valence electrons. The first-order valence-electron chi connectivity index (χ1n) is 1.36. The first-order valence-corrected chi connectivity index (χ1v) is 1.36. The van der Waals surface area contributed by atoms with E-state index < -0.39 is 6.16 Å². The van der Waals surface area contributed by atoms with Crippen LogP contribution >= 0.6 is 0 Å². The Hall–Kier alpha value is 0.396. The molecule has 0 rings (SSSR count). The van der Waals surface area contributed by atoms with Crippen LogP contribution in [0, 0.1) is 11.3 Å². The fourth-order valence-electron chi connectivity index (χ4n) is 0. The molecule has 0 aliphatic rings. The first-order chi connectivity index (χ1) is 3.15. The van der Waals surface area contributed by atoms with E-state index in [1.807, 2.05) is 0 Å². The smallest absolute Gasteiger partial charge is 0.565 e. The van der Waals surface area contributed by atoms with Gasteiger partial charge in [-0.15, -0.1) is 0 Å². The third-order valence-electron chi connectivity index (χ3n) is 0. The Morgan fingerprint density at radius 1 is 1.88 bits per heavy atom. The molecule has 0 aromatic rings. The normalized spacial score (nSPS) is 4.00. The van der Waals surface area contributed by atoms with Gasteiger partial charge in [0.15, 0.2) is 0 Å². The zero-order chi connectivity index (χ0) is 6.28. The van der Waals surface area contributed by atoms with Crippen molar-refractivity contribution >= 4 is 6.16 Å². The van der Waals surface area contributed by atoms with Crippen molar-refractivity contribution in [3.8, 4) is 6.07 Å². The molecular weight excluding hydrogens is 137 g/mol. The number of hydrogen-bond donors (Lipinski definition) is 1. The van der Waals surface area contributed by atoms with Gasteiger partial charge in [-0.1, -0.05) is 0 Å². The van der Waals surface area contributed by atoms with E-state index in [2.05, 4.69) is 0 Å². The van der Waals surface area contributed by atoms with Crippen molar-refractivity contribution in [2.24, 2.45) is 0 Å². The van der Waals surface area contributed by atoms with E-state index in [1.54, 1.807) is 6.07 Å². The molecule has 0 aromatic heterocycles. The Kier molecular flexibility index (Phi) is 30.9. The molecule has 8 heavy (non-hydrogen) atoms. The molecule has 1 N–H and O–H groups in total. The van der Waals surface area contributed by atoms with Gasteiger partial charge >= 0.3 is 51.4 Å². The summed E-state index contributed by atoms with van der Waals surface area (Å²) in [5.41, 5.74) is 0. The molecule has 4 nitrogen and oxygen atoms in total. The van der Waals surface area contributed by atoms with E-state index in [4.69, 9.17) is 20.3 Å². The van der Waals surface area contributed by atoms with Crippen LogP contribution in [0.1, 0.15) is 6.92 Å². The van der Waals surface area contributed by atoms with Crippen molar-refractivity contribution in [2.75, 3.05) is 0 Å². The molecule has 0 aliphatic heterocycles. The van der Waals surface area contributed by atoms with Crippen LogP contribution in [0.25, 0.3) is 0 Å². The molecular formula is C3H4KNO3. The third kappa shape index (κ3) is 1190. The summed E-state index contributed by atoms with van der Waals surface area (Å²) in [4.78, 5) is 8.44. The fraction of sp³-hybridized carbons (Fsp3) is 0.333. The second kappa shape index (κ2) is 15.7. The van der Waals surface area contributed by atoms with E-state index >= 15 is 0 Å². The standard InChI is InChI=1S/C2H3N.CH2O3.K/c1-2-3;2-1(3)4;/h1H3;(H2,2,3,4);/q;;+1/p-1. The van der Waals surface area contributed by atoms with Crippen LogP contribution < -0.4 is 56.5 Å². The number of rotatable bonds is 0. The van der Waals surface area contributed by atoms with Gasteiger partial charge in [0.05, 0.1) is 6.07 Å². The van der Waals surface area contributed by atoms with E-state index in [0.717, 1.165) is 0 Å². The summed E-state index contributed by atoms with van der Waals surface area (Å²) in [6.45, 7) is 1.43. The van der Waals surface area contributed by atoms with Crippen LogP contribution in [0.2, 0.25) is 0 Å². The zero-order valence-corrected chi connectivity index (χ0v) is 7.83. The van der Waals surface area contributed by atoms with Gasteiger partial charge < -0.3 is 15.0 Å². The van der Waals surface area contributed by atoms with Crippen molar-refractivity contribution in [1.29, 1.82) is 5.26 Å². The third-order valence-corrected chi connectivity index (χ3v) is 0. The van der Waals surface area contributed by atoms with Crippen LogP contribution in [0.3, 0.4) is 0 Å². The Labute approximate surface area is 89.5 Å². The summed E-state index contributed by atoms with van der Waals surface area (Å²) in [5, 5.41) is 22.6.